The summed E-state index contributed by atoms with van der Waals surface area (Å²) >= 11 is 0. The summed E-state index contributed by atoms with van der Waals surface area (Å²) in [6.45, 7) is 5.71. The van der Waals surface area contributed by atoms with Crippen molar-refractivity contribution in [2.24, 2.45) is 0 Å². The van der Waals surface area contributed by atoms with Crippen LogP contribution in [0.3, 0.4) is 0 Å². The lowest BCUT2D eigenvalue weighted by Gasteiger charge is -2.37. The second kappa shape index (κ2) is 9.15. The number of likely N-dealkylation sites (N-methyl/N-ethyl adjacent to an activating group) is 1. The van der Waals surface area contributed by atoms with E-state index in [0.717, 1.165) is 50.3 Å². The largest absolute Gasteiger partial charge is 1.00 e. The smallest absolute Gasteiger partial charge is 0.145 e. The van der Waals surface area contributed by atoms with Gasteiger partial charge in [-0.05, 0) is 0 Å². The highest BCUT2D eigenvalue weighted by molar-refractivity contribution is 5.34. The molecule has 0 aromatic carbocycles. The van der Waals surface area contributed by atoms with Crippen LogP contribution in [0.25, 0.3) is 0 Å². The highest BCUT2D eigenvalue weighted by Crippen LogP contribution is 2.07. The molecule has 100 valence electrons. The van der Waals surface area contributed by atoms with Crippen molar-refractivity contribution in [1.29, 1.82) is 10.5 Å². The third kappa shape index (κ3) is 6.20. The second-order valence-electron chi connectivity index (χ2n) is 4.49. The third-order valence-electron chi connectivity index (χ3n) is 3.06. The van der Waals surface area contributed by atoms with Crippen LogP contribution < -0.4 is 29.3 Å². The van der Waals surface area contributed by atoms with Crippen LogP contribution >= 0.6 is 0 Å². The highest BCUT2D eigenvalue weighted by atomic mass is 127. The first-order valence-corrected chi connectivity index (χ1v) is 5.85. The minimum absolute atomic E-state index is 0. The van der Waals surface area contributed by atoms with Crippen molar-refractivity contribution in [3.8, 4) is 12.1 Å². The molecule has 1 heterocycles. The topological polar surface area (TPSA) is 68.8 Å². The summed E-state index contributed by atoms with van der Waals surface area (Å²) in [5.74, 6) is 0. The number of nitrogens with zero attached hydrogens (tertiary/aromatic N) is 3. The van der Waals surface area contributed by atoms with E-state index in [4.69, 9.17) is 15.3 Å². The molecule has 0 spiro atoms. The summed E-state index contributed by atoms with van der Waals surface area (Å²) in [5.41, 5.74) is 0.122. The van der Waals surface area contributed by atoms with E-state index in [1.807, 2.05) is 12.1 Å². The molecule has 6 heteroatoms. The van der Waals surface area contributed by atoms with Crippen molar-refractivity contribution in [2.45, 2.75) is 6.42 Å². The zero-order valence-electron chi connectivity index (χ0n) is 10.7. The van der Waals surface area contributed by atoms with Gasteiger partial charge in [-0.1, -0.05) is 0 Å². The van der Waals surface area contributed by atoms with E-state index in [-0.39, 0.29) is 29.5 Å². The number of morpholine rings is 1. The summed E-state index contributed by atoms with van der Waals surface area (Å²) in [4.78, 5) is 0. The first kappa shape index (κ1) is 17.2. The minimum Gasteiger partial charge on any atom is -1.00 e. The van der Waals surface area contributed by atoms with Crippen LogP contribution in [0, 0.1) is 22.7 Å². The van der Waals surface area contributed by atoms with Gasteiger partial charge in [-0.25, -0.2) is 0 Å². The fraction of sp³-hybridized carbons (Fsp3) is 0.667. The molecule has 0 aromatic rings. The van der Waals surface area contributed by atoms with Gasteiger partial charge >= 0.3 is 0 Å². The lowest BCUT2D eigenvalue weighted by atomic mass is 10.3. The van der Waals surface area contributed by atoms with E-state index in [9.17, 15) is 0 Å². The summed E-state index contributed by atoms with van der Waals surface area (Å²) in [7, 11) is 2.24. The SMILES string of the molecule is C[N+]1(CCCNC=C(C#N)C#N)CCOCC1.[I-]. The molecule has 0 amide bonds. The van der Waals surface area contributed by atoms with Gasteiger partial charge in [-0.3, -0.25) is 0 Å². The van der Waals surface area contributed by atoms with Gasteiger partial charge < -0.3 is 38.5 Å². The maximum Gasteiger partial charge on any atom is 0.145 e. The van der Waals surface area contributed by atoms with E-state index in [2.05, 4.69) is 12.4 Å². The number of allylic oxidation sites excluding steroid dienone is 1. The standard InChI is InChI=1S/C12H19N4O.HI/c1-16(5-7-17-8-6-16)4-2-3-15-11-12(9-13)10-14;/h11,15H,2-8H2,1H3;1H/q+1;/p-1. The Balaban J connectivity index is 0.00000289. The Hall–Kier alpha value is -0.830. The van der Waals surface area contributed by atoms with E-state index in [1.165, 1.54) is 6.20 Å². The predicted molar refractivity (Wildman–Crippen MR) is 63.5 cm³/mol. The average Bonchev–Trinajstić information content (AvgIpc) is 2.35. The molecule has 1 N–H and O–H groups in total. The van der Waals surface area contributed by atoms with Crippen LogP contribution in [-0.4, -0.2) is 50.9 Å². The van der Waals surface area contributed by atoms with Crippen molar-refractivity contribution in [2.75, 3.05) is 46.4 Å². The Bertz CT molecular complexity index is 334. The average molecular weight is 362 g/mol. The molecule has 0 atom stereocenters. The molecule has 18 heavy (non-hydrogen) atoms. The van der Waals surface area contributed by atoms with Gasteiger partial charge in [0.2, 0.25) is 0 Å². The number of quaternary nitrogens is 1. The lowest BCUT2D eigenvalue weighted by molar-refractivity contribution is -0.916. The van der Waals surface area contributed by atoms with Crippen LogP contribution in [0.4, 0.5) is 0 Å². The van der Waals surface area contributed by atoms with Crippen molar-refractivity contribution in [3.63, 3.8) is 0 Å². The summed E-state index contributed by atoms with van der Waals surface area (Å²) < 4.78 is 6.39. The summed E-state index contributed by atoms with van der Waals surface area (Å²) in [6, 6.07) is 3.63. The molecular weight excluding hydrogens is 343 g/mol. The second-order valence-corrected chi connectivity index (χ2v) is 4.49. The maximum absolute atomic E-state index is 8.53. The van der Waals surface area contributed by atoms with Gasteiger partial charge in [0.25, 0.3) is 0 Å². The molecule has 1 saturated heterocycles. The Morgan fingerprint density at radius 2 is 1.94 bits per heavy atom. The van der Waals surface area contributed by atoms with E-state index in [0.29, 0.717) is 0 Å². The van der Waals surface area contributed by atoms with Crippen LogP contribution in [0.5, 0.6) is 0 Å². The normalized spacial score (nSPS) is 16.6. The van der Waals surface area contributed by atoms with Gasteiger partial charge in [-0.2, -0.15) is 10.5 Å². The molecule has 0 aliphatic carbocycles. The molecule has 1 aliphatic rings. The molecule has 0 saturated carbocycles. The van der Waals surface area contributed by atoms with Crippen molar-refractivity contribution >= 4 is 0 Å². The number of halogens is 1. The molecule has 0 aromatic heterocycles. The fourth-order valence-corrected chi connectivity index (χ4v) is 1.83. The molecular formula is C12H19IN4O. The Morgan fingerprint density at radius 1 is 1.33 bits per heavy atom. The van der Waals surface area contributed by atoms with Crippen LogP contribution in [-0.2, 0) is 4.74 Å². The van der Waals surface area contributed by atoms with Crippen molar-refractivity contribution in [1.82, 2.24) is 5.32 Å². The monoisotopic (exact) mass is 362 g/mol. The Morgan fingerprint density at radius 3 is 2.50 bits per heavy atom. The van der Waals surface area contributed by atoms with Crippen LogP contribution in [0.1, 0.15) is 6.42 Å². The summed E-state index contributed by atoms with van der Waals surface area (Å²) in [6.07, 6.45) is 2.51. The molecule has 5 nitrogen and oxygen atoms in total. The maximum atomic E-state index is 8.53. The lowest BCUT2D eigenvalue weighted by Crippen LogP contribution is -3.00. The van der Waals surface area contributed by atoms with E-state index < -0.39 is 0 Å². The van der Waals surface area contributed by atoms with Crippen LogP contribution in [0.15, 0.2) is 11.8 Å². The molecule has 0 radical (unpaired) electrons. The van der Waals surface area contributed by atoms with Gasteiger partial charge in [0, 0.05) is 19.2 Å². The first-order valence-electron chi connectivity index (χ1n) is 5.85. The van der Waals surface area contributed by atoms with Crippen molar-refractivity contribution < 1.29 is 33.2 Å². The van der Waals surface area contributed by atoms with E-state index >= 15 is 0 Å². The number of rotatable bonds is 5. The number of hydrogen-bond acceptors (Lipinski definition) is 4. The number of nitriles is 2. The first-order chi connectivity index (χ1) is 8.20. The summed E-state index contributed by atoms with van der Waals surface area (Å²) in [5, 5.41) is 20.1. The molecule has 0 unspecified atom stereocenters. The number of ether oxygens (including phenoxy) is 1. The fourth-order valence-electron chi connectivity index (χ4n) is 1.83. The number of hydrogen-bond donors (Lipinski definition) is 1. The Labute approximate surface area is 126 Å². The molecule has 1 fully saturated rings. The molecule has 1 aliphatic heterocycles. The van der Waals surface area contributed by atoms with E-state index in [1.54, 1.807) is 0 Å². The van der Waals surface area contributed by atoms with Crippen molar-refractivity contribution in [3.05, 3.63) is 11.8 Å². The van der Waals surface area contributed by atoms with Gasteiger partial charge in [0.1, 0.15) is 30.8 Å². The minimum atomic E-state index is 0. The molecule has 0 bridgehead atoms. The molecule has 1 rings (SSSR count). The van der Waals surface area contributed by atoms with Gasteiger partial charge in [-0.15, -0.1) is 0 Å². The predicted octanol–water partition coefficient (Wildman–Crippen LogP) is -2.62. The number of nitrogens with one attached hydrogen (secondary N) is 1. The third-order valence-corrected chi connectivity index (χ3v) is 3.06. The van der Waals surface area contributed by atoms with Crippen LogP contribution in [0.2, 0.25) is 0 Å². The van der Waals surface area contributed by atoms with Gasteiger partial charge in [0.05, 0.1) is 26.8 Å². The Kier molecular flexibility index (Phi) is 8.73. The highest BCUT2D eigenvalue weighted by Gasteiger charge is 2.23. The quantitative estimate of drug-likeness (QED) is 0.252. The zero-order valence-corrected chi connectivity index (χ0v) is 12.8. The zero-order chi connectivity index (χ0) is 12.6. The van der Waals surface area contributed by atoms with Gasteiger partial charge in [0.15, 0.2) is 0 Å².